The summed E-state index contributed by atoms with van der Waals surface area (Å²) in [6.07, 6.45) is 1.03. The maximum absolute atomic E-state index is 13.4. The molecule has 28 heavy (non-hydrogen) atoms. The summed E-state index contributed by atoms with van der Waals surface area (Å²) in [5, 5.41) is 0. The average molecular weight is 388 g/mol. The van der Waals surface area contributed by atoms with Crippen LogP contribution >= 0.6 is 0 Å². The Morgan fingerprint density at radius 1 is 0.750 bits per heavy atom. The van der Waals surface area contributed by atoms with Crippen LogP contribution in [0.15, 0.2) is 24.3 Å². The standard InChI is InChI=1S/C20H24N2O6/c21-22-19-5-9-25-11-7-20(22,8-12-26-10-6-19)18(24)14-28-16-4-2-1-3-15(16)27-13-17(19)23/h1-4H,5-14H2. The first kappa shape index (κ1) is 19.0. The van der Waals surface area contributed by atoms with Gasteiger partial charge in [0.05, 0.1) is 26.4 Å². The topological polar surface area (TPSA) is 96.4 Å². The first-order chi connectivity index (χ1) is 13.6. The molecule has 3 aliphatic heterocycles. The third kappa shape index (κ3) is 3.10. The summed E-state index contributed by atoms with van der Waals surface area (Å²) in [5.41, 5.74) is 8.78. The summed E-state index contributed by atoms with van der Waals surface area (Å²) in [4.78, 5) is 26.7. The third-order valence-electron chi connectivity index (χ3n) is 6.06. The maximum atomic E-state index is 13.4. The van der Waals surface area contributed by atoms with Gasteiger partial charge < -0.3 is 24.5 Å². The molecule has 4 rings (SSSR count). The molecule has 150 valence electrons. The second-order valence-electron chi connectivity index (χ2n) is 7.47. The van der Waals surface area contributed by atoms with Crippen LogP contribution < -0.4 is 9.47 Å². The van der Waals surface area contributed by atoms with Crippen LogP contribution in [0.5, 0.6) is 11.5 Å². The highest BCUT2D eigenvalue weighted by Gasteiger charge is 2.58. The van der Waals surface area contributed by atoms with Gasteiger partial charge >= 0.3 is 0 Å². The van der Waals surface area contributed by atoms with Crippen LogP contribution in [0, 0.1) is 0 Å². The molecule has 2 bridgehead atoms. The maximum Gasteiger partial charge on any atom is 0.239 e. The molecule has 0 N–H and O–H groups in total. The molecule has 8 heteroatoms. The Morgan fingerprint density at radius 2 is 1.14 bits per heavy atom. The van der Waals surface area contributed by atoms with Gasteiger partial charge in [-0.3, -0.25) is 14.3 Å². The summed E-state index contributed by atoms with van der Waals surface area (Å²) in [6, 6.07) is 6.93. The van der Waals surface area contributed by atoms with Crippen molar-refractivity contribution in [2.45, 2.75) is 36.8 Å². The van der Waals surface area contributed by atoms with Crippen molar-refractivity contribution < 1.29 is 33.2 Å². The molecular weight excluding hydrogens is 364 g/mol. The quantitative estimate of drug-likeness (QED) is 0.628. The number of benzene rings is 1. The van der Waals surface area contributed by atoms with Crippen molar-refractivity contribution in [3.05, 3.63) is 29.8 Å². The fourth-order valence-corrected chi connectivity index (χ4v) is 4.29. The lowest BCUT2D eigenvalue weighted by molar-refractivity contribution is -0.675. The predicted octanol–water partition coefficient (Wildman–Crippen LogP) is 1.73. The van der Waals surface area contributed by atoms with Gasteiger partial charge in [-0.15, -0.1) is 0 Å². The third-order valence-corrected chi connectivity index (χ3v) is 6.06. The lowest BCUT2D eigenvalue weighted by atomic mass is 9.77. The largest absolute Gasteiger partial charge is 0.505 e. The Bertz CT molecular complexity index is 718. The molecule has 0 radical (unpaired) electrons. The number of rotatable bonds is 0. The van der Waals surface area contributed by atoms with Gasteiger partial charge in [0, 0.05) is 25.7 Å². The summed E-state index contributed by atoms with van der Waals surface area (Å²) in [5.74, 6) is 0.179. The van der Waals surface area contributed by atoms with Gasteiger partial charge in [0.1, 0.15) is 0 Å². The van der Waals surface area contributed by atoms with E-state index in [0.29, 0.717) is 37.9 Å². The molecule has 1 aromatic rings. The number of fused-ring (bicyclic) bond motifs is 1. The number of ketones is 2. The first-order valence-corrected chi connectivity index (χ1v) is 9.64. The fraction of sp³-hybridized carbons (Fsp3) is 0.600. The zero-order valence-corrected chi connectivity index (χ0v) is 15.7. The monoisotopic (exact) mass is 388 g/mol. The number of carbonyl (C=O) groups is 2. The molecule has 0 saturated carbocycles. The number of Topliss-reactive ketones (excluding diaryl/α,β-unsaturated/α-hetero) is 2. The molecule has 0 atom stereocenters. The Morgan fingerprint density at radius 3 is 1.54 bits per heavy atom. The van der Waals surface area contributed by atoms with E-state index in [1.54, 1.807) is 24.3 Å². The molecule has 0 aliphatic carbocycles. The van der Waals surface area contributed by atoms with Crippen LogP contribution in [0.25, 0.3) is 5.53 Å². The SMILES string of the molecule is [N-]=[N+]1C23CCOCCC1(CCOCC2)C(=O)COc1ccccc1OCC3=O. The van der Waals surface area contributed by atoms with Gasteiger partial charge in [0.2, 0.25) is 22.6 Å². The van der Waals surface area contributed by atoms with E-state index in [9.17, 15) is 15.1 Å². The first-order valence-electron chi connectivity index (χ1n) is 9.64. The van der Waals surface area contributed by atoms with E-state index in [1.807, 2.05) is 0 Å². The molecule has 2 saturated heterocycles. The molecule has 0 spiro atoms. The van der Waals surface area contributed by atoms with E-state index < -0.39 is 11.1 Å². The number of nitrogens with zero attached hydrogens (tertiary/aromatic N) is 2. The van der Waals surface area contributed by atoms with Crippen molar-refractivity contribution in [1.82, 2.24) is 0 Å². The Labute approximate surface area is 163 Å². The summed E-state index contributed by atoms with van der Waals surface area (Å²) < 4.78 is 23.8. The summed E-state index contributed by atoms with van der Waals surface area (Å²) >= 11 is 0. The highest BCUT2D eigenvalue weighted by molar-refractivity contribution is 5.91. The summed E-state index contributed by atoms with van der Waals surface area (Å²) in [7, 11) is 0. The second-order valence-corrected chi connectivity index (χ2v) is 7.47. The minimum absolute atomic E-state index is 0.248. The predicted molar refractivity (Wildman–Crippen MR) is 96.6 cm³/mol. The van der Waals surface area contributed by atoms with Gasteiger partial charge in [0.25, 0.3) is 0 Å². The molecule has 0 aromatic heterocycles. The smallest absolute Gasteiger partial charge is 0.239 e. The van der Waals surface area contributed by atoms with Gasteiger partial charge in [-0.1, -0.05) is 12.1 Å². The van der Waals surface area contributed by atoms with E-state index >= 15 is 0 Å². The Balaban J connectivity index is 1.84. The lowest BCUT2D eigenvalue weighted by Gasteiger charge is -2.44. The number of hydrogen-bond acceptors (Lipinski definition) is 6. The minimum atomic E-state index is -1.31. The lowest BCUT2D eigenvalue weighted by Crippen LogP contribution is -2.65. The van der Waals surface area contributed by atoms with Crippen molar-refractivity contribution in [3.8, 4) is 11.5 Å². The van der Waals surface area contributed by atoms with Crippen molar-refractivity contribution in [3.63, 3.8) is 0 Å². The second kappa shape index (κ2) is 7.60. The Hall–Kier alpha value is -2.32. The van der Waals surface area contributed by atoms with Gasteiger partial charge in [-0.2, -0.15) is 0 Å². The molecule has 3 heterocycles. The van der Waals surface area contributed by atoms with Gasteiger partial charge in [0.15, 0.2) is 24.7 Å². The van der Waals surface area contributed by atoms with E-state index in [-0.39, 0.29) is 50.5 Å². The van der Waals surface area contributed by atoms with E-state index in [1.165, 1.54) is 0 Å². The van der Waals surface area contributed by atoms with Crippen molar-refractivity contribution in [2.75, 3.05) is 39.6 Å². The zero-order valence-electron chi connectivity index (χ0n) is 15.7. The van der Waals surface area contributed by atoms with Crippen LogP contribution in [-0.2, 0) is 19.1 Å². The number of ether oxygens (including phenoxy) is 4. The highest BCUT2D eigenvalue weighted by atomic mass is 16.5. The van der Waals surface area contributed by atoms with Crippen LogP contribution in [-0.4, -0.2) is 67.0 Å². The van der Waals surface area contributed by atoms with Crippen LogP contribution in [0.1, 0.15) is 25.7 Å². The van der Waals surface area contributed by atoms with E-state index in [2.05, 4.69) is 0 Å². The van der Waals surface area contributed by atoms with E-state index in [4.69, 9.17) is 18.9 Å². The molecule has 3 aliphatic rings. The fourth-order valence-electron chi connectivity index (χ4n) is 4.29. The van der Waals surface area contributed by atoms with Crippen molar-refractivity contribution >= 4 is 11.6 Å². The number of hydrogen-bond donors (Lipinski definition) is 0. The van der Waals surface area contributed by atoms with Crippen LogP contribution in [0.2, 0.25) is 0 Å². The molecule has 8 nitrogen and oxygen atoms in total. The highest BCUT2D eigenvalue weighted by Crippen LogP contribution is 2.38. The van der Waals surface area contributed by atoms with Gasteiger partial charge in [-0.25, -0.2) is 0 Å². The van der Waals surface area contributed by atoms with Gasteiger partial charge in [-0.05, 0) is 12.1 Å². The Kier molecular flexibility index (Phi) is 5.16. The number of carbonyl (C=O) groups excluding carboxylic acids is 2. The molecule has 2 fully saturated rings. The van der Waals surface area contributed by atoms with Crippen LogP contribution in [0.4, 0.5) is 0 Å². The zero-order chi connectivity index (χ0) is 19.6. The average Bonchev–Trinajstić information content (AvgIpc) is 2.70. The normalized spacial score (nSPS) is 31.6. The molecule has 0 amide bonds. The summed E-state index contributed by atoms with van der Waals surface area (Å²) in [6.45, 7) is 0.726. The van der Waals surface area contributed by atoms with Crippen molar-refractivity contribution in [2.24, 2.45) is 0 Å². The molecule has 1 aromatic carbocycles. The molecule has 0 unspecified atom stereocenters. The minimum Gasteiger partial charge on any atom is -0.505 e. The molecular formula is C20H24N2O6. The van der Waals surface area contributed by atoms with E-state index in [0.717, 1.165) is 4.70 Å². The van der Waals surface area contributed by atoms with Crippen molar-refractivity contribution in [1.29, 1.82) is 0 Å². The van der Waals surface area contributed by atoms with Crippen LogP contribution in [0.3, 0.4) is 0 Å². The number of para-hydroxylation sites is 2.